The molecule has 0 spiro atoms. The molecule has 0 saturated heterocycles. The number of fused-ring (bicyclic) bond motifs is 1. The van der Waals surface area contributed by atoms with Gasteiger partial charge in [0.1, 0.15) is 5.82 Å². The van der Waals surface area contributed by atoms with Crippen LogP contribution < -0.4 is 5.32 Å². The van der Waals surface area contributed by atoms with Gasteiger partial charge in [0.2, 0.25) is 5.28 Å². The maximum atomic E-state index is 6.03. The Labute approximate surface area is 124 Å². The van der Waals surface area contributed by atoms with E-state index in [1.54, 1.807) is 0 Å². The fourth-order valence-corrected chi connectivity index (χ4v) is 3.16. The van der Waals surface area contributed by atoms with E-state index in [1.165, 1.54) is 32.1 Å². The van der Waals surface area contributed by atoms with Gasteiger partial charge in [-0.05, 0) is 48.9 Å². The molecule has 1 aromatic heterocycles. The third-order valence-electron chi connectivity index (χ3n) is 4.17. The van der Waals surface area contributed by atoms with Gasteiger partial charge in [-0.1, -0.05) is 31.9 Å². The molecule has 3 nitrogen and oxygen atoms in total. The number of nitrogens with zero attached hydrogens (tertiary/aromatic N) is 2. The minimum Gasteiger partial charge on any atom is -0.367 e. The van der Waals surface area contributed by atoms with Crippen LogP contribution in [0.2, 0.25) is 5.28 Å². The maximum absolute atomic E-state index is 6.03. The van der Waals surface area contributed by atoms with Crippen molar-refractivity contribution in [3.05, 3.63) is 29.5 Å². The van der Waals surface area contributed by atoms with E-state index in [0.717, 1.165) is 22.6 Å². The molecule has 1 aromatic carbocycles. The molecular formula is C16H20ClN3. The van der Waals surface area contributed by atoms with Crippen LogP contribution in [0.25, 0.3) is 10.9 Å². The van der Waals surface area contributed by atoms with E-state index in [0.29, 0.717) is 11.3 Å². The Balaban J connectivity index is 1.86. The van der Waals surface area contributed by atoms with Gasteiger partial charge in [-0.2, -0.15) is 0 Å². The Hall–Kier alpha value is -1.35. The molecule has 20 heavy (non-hydrogen) atoms. The Morgan fingerprint density at radius 2 is 1.95 bits per heavy atom. The van der Waals surface area contributed by atoms with Crippen molar-refractivity contribution in [1.82, 2.24) is 9.97 Å². The molecule has 0 radical (unpaired) electrons. The monoisotopic (exact) mass is 289 g/mol. The summed E-state index contributed by atoms with van der Waals surface area (Å²) in [7, 11) is 0. The lowest BCUT2D eigenvalue weighted by Crippen LogP contribution is -2.19. The second-order valence-corrected chi connectivity index (χ2v) is 6.15. The van der Waals surface area contributed by atoms with Crippen LogP contribution in [-0.2, 0) is 0 Å². The number of aromatic nitrogens is 2. The van der Waals surface area contributed by atoms with Gasteiger partial charge in [0.15, 0.2) is 0 Å². The highest BCUT2D eigenvalue weighted by atomic mass is 35.5. The van der Waals surface area contributed by atoms with Crippen LogP contribution in [0.15, 0.2) is 24.3 Å². The Bertz CT molecular complexity index is 599. The fraction of sp³-hybridized carbons (Fsp3) is 0.500. The summed E-state index contributed by atoms with van der Waals surface area (Å²) in [6.45, 7) is 2.35. The van der Waals surface area contributed by atoms with Crippen LogP contribution in [-0.4, -0.2) is 16.0 Å². The second-order valence-electron chi connectivity index (χ2n) is 5.81. The normalized spacial score (nSPS) is 23.5. The number of anilines is 1. The van der Waals surface area contributed by atoms with Crippen molar-refractivity contribution in [1.29, 1.82) is 0 Å². The third-order valence-corrected chi connectivity index (χ3v) is 4.34. The smallest absolute Gasteiger partial charge is 0.224 e. The predicted octanol–water partition coefficient (Wildman–Crippen LogP) is 4.66. The Morgan fingerprint density at radius 3 is 2.85 bits per heavy atom. The average Bonchev–Trinajstić information content (AvgIpc) is 2.64. The number of rotatable bonds is 2. The summed E-state index contributed by atoms with van der Waals surface area (Å²) in [6, 6.07) is 8.51. The number of hydrogen-bond acceptors (Lipinski definition) is 3. The molecule has 2 atom stereocenters. The van der Waals surface area contributed by atoms with Crippen molar-refractivity contribution in [2.45, 2.75) is 45.1 Å². The summed E-state index contributed by atoms with van der Waals surface area (Å²) in [5.41, 5.74) is 0.900. The van der Waals surface area contributed by atoms with Gasteiger partial charge in [-0.15, -0.1) is 0 Å². The number of benzene rings is 1. The minimum atomic E-state index is 0.313. The largest absolute Gasteiger partial charge is 0.367 e. The van der Waals surface area contributed by atoms with E-state index < -0.39 is 0 Å². The zero-order valence-electron chi connectivity index (χ0n) is 11.8. The van der Waals surface area contributed by atoms with Crippen LogP contribution in [0.5, 0.6) is 0 Å². The highest BCUT2D eigenvalue weighted by Crippen LogP contribution is 2.27. The molecule has 1 fully saturated rings. The van der Waals surface area contributed by atoms with Crippen molar-refractivity contribution in [3.8, 4) is 0 Å². The molecule has 1 N–H and O–H groups in total. The van der Waals surface area contributed by atoms with Gasteiger partial charge in [-0.25, -0.2) is 9.97 Å². The molecule has 3 rings (SSSR count). The second kappa shape index (κ2) is 5.96. The number of para-hydroxylation sites is 1. The third kappa shape index (κ3) is 3.04. The average molecular weight is 290 g/mol. The Morgan fingerprint density at radius 1 is 1.10 bits per heavy atom. The molecule has 106 valence electrons. The summed E-state index contributed by atoms with van der Waals surface area (Å²) in [6.07, 6.45) is 6.32. The molecule has 1 aliphatic rings. The van der Waals surface area contributed by atoms with E-state index in [9.17, 15) is 0 Å². The van der Waals surface area contributed by atoms with Crippen LogP contribution in [0.1, 0.15) is 39.0 Å². The summed E-state index contributed by atoms with van der Waals surface area (Å²) in [5, 5.41) is 4.95. The standard InChI is InChI=1S/C16H20ClN3/c1-11-5-4-6-12(10-9-11)18-15-13-7-2-3-8-14(13)19-16(17)20-15/h2-3,7-8,11-12H,4-6,9-10H2,1H3,(H,18,19,20). The molecule has 1 aliphatic carbocycles. The fourth-order valence-electron chi connectivity index (χ4n) is 2.98. The molecule has 4 heteroatoms. The highest BCUT2D eigenvalue weighted by Gasteiger charge is 2.17. The van der Waals surface area contributed by atoms with Gasteiger partial charge in [0.05, 0.1) is 5.52 Å². The van der Waals surface area contributed by atoms with E-state index in [1.807, 2.05) is 24.3 Å². The van der Waals surface area contributed by atoms with Gasteiger partial charge in [0.25, 0.3) is 0 Å². The lowest BCUT2D eigenvalue weighted by Gasteiger charge is -2.18. The van der Waals surface area contributed by atoms with Crippen molar-refractivity contribution < 1.29 is 0 Å². The maximum Gasteiger partial charge on any atom is 0.224 e. The van der Waals surface area contributed by atoms with Crippen molar-refractivity contribution in [2.24, 2.45) is 5.92 Å². The molecular weight excluding hydrogens is 270 g/mol. The lowest BCUT2D eigenvalue weighted by molar-refractivity contribution is 0.502. The van der Waals surface area contributed by atoms with Crippen LogP contribution in [0, 0.1) is 5.92 Å². The van der Waals surface area contributed by atoms with Gasteiger partial charge >= 0.3 is 0 Å². The van der Waals surface area contributed by atoms with Crippen molar-refractivity contribution in [2.75, 3.05) is 5.32 Å². The molecule has 0 amide bonds. The Kier molecular flexibility index (Phi) is 4.06. The summed E-state index contributed by atoms with van der Waals surface area (Å²) in [4.78, 5) is 8.66. The summed E-state index contributed by atoms with van der Waals surface area (Å²) >= 11 is 6.03. The number of halogens is 1. The molecule has 0 bridgehead atoms. The van der Waals surface area contributed by atoms with Crippen LogP contribution in [0.4, 0.5) is 5.82 Å². The molecule has 2 aromatic rings. The predicted molar refractivity (Wildman–Crippen MR) is 84.2 cm³/mol. The van der Waals surface area contributed by atoms with E-state index in [4.69, 9.17) is 11.6 Å². The van der Waals surface area contributed by atoms with E-state index in [-0.39, 0.29) is 0 Å². The zero-order valence-corrected chi connectivity index (χ0v) is 12.5. The summed E-state index contributed by atoms with van der Waals surface area (Å²) in [5.74, 6) is 1.72. The quantitative estimate of drug-likeness (QED) is 0.645. The molecule has 1 heterocycles. The lowest BCUT2D eigenvalue weighted by atomic mass is 10.0. The van der Waals surface area contributed by atoms with E-state index in [2.05, 4.69) is 22.2 Å². The molecule has 1 saturated carbocycles. The van der Waals surface area contributed by atoms with E-state index >= 15 is 0 Å². The van der Waals surface area contributed by atoms with Crippen molar-refractivity contribution in [3.63, 3.8) is 0 Å². The zero-order chi connectivity index (χ0) is 13.9. The minimum absolute atomic E-state index is 0.313. The summed E-state index contributed by atoms with van der Waals surface area (Å²) < 4.78 is 0. The SMILES string of the molecule is CC1CCCC(Nc2nc(Cl)nc3ccccc23)CC1. The first-order valence-electron chi connectivity index (χ1n) is 7.41. The van der Waals surface area contributed by atoms with Crippen LogP contribution >= 0.6 is 11.6 Å². The van der Waals surface area contributed by atoms with Crippen molar-refractivity contribution >= 4 is 28.3 Å². The number of hydrogen-bond donors (Lipinski definition) is 1. The topological polar surface area (TPSA) is 37.8 Å². The molecule has 0 aliphatic heterocycles. The molecule has 2 unspecified atom stereocenters. The first kappa shape index (κ1) is 13.6. The first-order chi connectivity index (χ1) is 9.72. The van der Waals surface area contributed by atoms with Crippen LogP contribution in [0.3, 0.4) is 0 Å². The highest BCUT2D eigenvalue weighted by molar-refractivity contribution is 6.28. The number of nitrogens with one attached hydrogen (secondary N) is 1. The van der Waals surface area contributed by atoms with Gasteiger partial charge in [0, 0.05) is 11.4 Å². The first-order valence-corrected chi connectivity index (χ1v) is 7.79. The van der Waals surface area contributed by atoms with Gasteiger partial charge < -0.3 is 5.32 Å². The van der Waals surface area contributed by atoms with Gasteiger partial charge in [-0.3, -0.25) is 0 Å².